The first-order valence-electron chi connectivity index (χ1n) is 6.75. The highest BCUT2D eigenvalue weighted by Crippen LogP contribution is 2.22. The average Bonchev–Trinajstić information content (AvgIpc) is 2.29. The maximum atomic E-state index is 9.93. The minimum atomic E-state index is -0.0908. The summed E-state index contributed by atoms with van der Waals surface area (Å²) in [6.45, 7) is 4.86. The van der Waals surface area contributed by atoms with Crippen molar-refractivity contribution >= 4 is 0 Å². The number of rotatable bonds is 7. The summed E-state index contributed by atoms with van der Waals surface area (Å²) < 4.78 is 0. The molecule has 0 aromatic carbocycles. The van der Waals surface area contributed by atoms with Gasteiger partial charge in [-0.25, -0.2) is 0 Å². The summed E-state index contributed by atoms with van der Waals surface area (Å²) in [4.78, 5) is 2.36. The van der Waals surface area contributed by atoms with Gasteiger partial charge in [-0.2, -0.15) is 0 Å². The molecular weight excluding hydrogens is 198 g/mol. The Labute approximate surface area is 100 Å². The van der Waals surface area contributed by atoms with Crippen molar-refractivity contribution in [1.82, 2.24) is 4.90 Å². The number of nitrogens with zero attached hydrogens (tertiary/aromatic N) is 1. The van der Waals surface area contributed by atoms with Crippen LogP contribution in [-0.2, 0) is 0 Å². The first-order chi connectivity index (χ1) is 7.75. The first kappa shape index (κ1) is 13.7. The van der Waals surface area contributed by atoms with Crippen LogP contribution in [0.2, 0.25) is 0 Å². The van der Waals surface area contributed by atoms with Gasteiger partial charge in [0.1, 0.15) is 0 Å². The molecule has 0 aliphatic heterocycles. The van der Waals surface area contributed by atoms with E-state index in [4.69, 9.17) is 0 Å². The van der Waals surface area contributed by atoms with Gasteiger partial charge in [0.05, 0.1) is 6.10 Å². The fourth-order valence-electron chi connectivity index (χ4n) is 2.60. The summed E-state index contributed by atoms with van der Waals surface area (Å²) in [5.41, 5.74) is 0. The Balaban J connectivity index is 2.12. The van der Waals surface area contributed by atoms with Crippen LogP contribution in [0, 0.1) is 0 Å². The molecule has 0 spiro atoms. The molecule has 0 bridgehead atoms. The minimum Gasteiger partial charge on any atom is -0.391 e. The Morgan fingerprint density at radius 1 is 1.25 bits per heavy atom. The number of aliphatic hydroxyl groups excluding tert-OH is 1. The molecular formula is C14H27NO. The van der Waals surface area contributed by atoms with Crippen molar-refractivity contribution in [3.8, 4) is 0 Å². The third kappa shape index (κ3) is 4.67. The molecule has 16 heavy (non-hydrogen) atoms. The molecule has 2 nitrogen and oxygen atoms in total. The largest absolute Gasteiger partial charge is 0.391 e. The van der Waals surface area contributed by atoms with E-state index in [0.717, 1.165) is 19.4 Å². The van der Waals surface area contributed by atoms with E-state index in [-0.39, 0.29) is 6.10 Å². The zero-order chi connectivity index (χ0) is 11.8. The number of aliphatic hydroxyl groups is 1. The van der Waals surface area contributed by atoms with E-state index in [2.05, 4.69) is 18.5 Å². The molecule has 1 aliphatic rings. The van der Waals surface area contributed by atoms with Crippen molar-refractivity contribution in [3.63, 3.8) is 0 Å². The molecule has 1 saturated carbocycles. The number of unbranched alkanes of at least 4 members (excludes halogenated alkanes) is 3. The van der Waals surface area contributed by atoms with E-state index in [0.29, 0.717) is 6.04 Å². The van der Waals surface area contributed by atoms with Gasteiger partial charge in [0.15, 0.2) is 0 Å². The Morgan fingerprint density at radius 3 is 2.69 bits per heavy atom. The van der Waals surface area contributed by atoms with Gasteiger partial charge >= 0.3 is 0 Å². The van der Waals surface area contributed by atoms with Gasteiger partial charge in [0.25, 0.3) is 0 Å². The molecule has 0 heterocycles. The Morgan fingerprint density at radius 2 is 2.00 bits per heavy atom. The second kappa shape index (κ2) is 7.86. The molecule has 1 fully saturated rings. The lowest BCUT2D eigenvalue weighted by Gasteiger charge is -2.35. The maximum absolute atomic E-state index is 9.93. The van der Waals surface area contributed by atoms with Gasteiger partial charge in [-0.3, -0.25) is 0 Å². The molecule has 2 unspecified atom stereocenters. The third-order valence-electron chi connectivity index (χ3n) is 3.68. The van der Waals surface area contributed by atoms with Gasteiger partial charge in [0.2, 0.25) is 0 Å². The van der Waals surface area contributed by atoms with Crippen molar-refractivity contribution in [2.45, 2.75) is 63.5 Å². The van der Waals surface area contributed by atoms with Gasteiger partial charge in [0, 0.05) is 6.04 Å². The summed E-state index contributed by atoms with van der Waals surface area (Å²) in [7, 11) is 2.16. The van der Waals surface area contributed by atoms with Crippen LogP contribution in [0.4, 0.5) is 0 Å². The molecule has 1 aliphatic carbocycles. The van der Waals surface area contributed by atoms with Crippen molar-refractivity contribution in [2.75, 3.05) is 13.6 Å². The quantitative estimate of drug-likeness (QED) is 0.532. The summed E-state index contributed by atoms with van der Waals surface area (Å²) in [5.74, 6) is 0. The summed E-state index contributed by atoms with van der Waals surface area (Å²) in [5, 5.41) is 9.93. The molecule has 2 atom stereocenters. The number of hydrogen-bond acceptors (Lipinski definition) is 2. The fraction of sp³-hybridized carbons (Fsp3) is 0.857. The van der Waals surface area contributed by atoms with Gasteiger partial charge < -0.3 is 10.0 Å². The normalized spacial score (nSPS) is 25.9. The lowest BCUT2D eigenvalue weighted by Crippen LogP contribution is -2.43. The molecule has 0 amide bonds. The summed E-state index contributed by atoms with van der Waals surface area (Å²) >= 11 is 0. The Bertz CT molecular complexity index is 193. The molecule has 1 rings (SSSR count). The fourth-order valence-corrected chi connectivity index (χ4v) is 2.60. The Hall–Kier alpha value is -0.340. The molecule has 0 aromatic heterocycles. The predicted molar refractivity (Wildman–Crippen MR) is 69.6 cm³/mol. The van der Waals surface area contributed by atoms with Crippen molar-refractivity contribution in [3.05, 3.63) is 12.7 Å². The second-order valence-electron chi connectivity index (χ2n) is 5.04. The van der Waals surface area contributed by atoms with Gasteiger partial charge in [-0.1, -0.05) is 25.3 Å². The molecule has 0 saturated heterocycles. The molecule has 94 valence electrons. The summed E-state index contributed by atoms with van der Waals surface area (Å²) in [6.07, 6.45) is 11.5. The number of hydrogen-bond donors (Lipinski definition) is 1. The molecule has 2 heteroatoms. The maximum Gasteiger partial charge on any atom is 0.0695 e. The van der Waals surface area contributed by atoms with E-state index >= 15 is 0 Å². The van der Waals surface area contributed by atoms with Crippen LogP contribution >= 0.6 is 0 Å². The van der Waals surface area contributed by atoms with Crippen LogP contribution in [0.15, 0.2) is 12.7 Å². The van der Waals surface area contributed by atoms with E-state index in [1.807, 2.05) is 6.08 Å². The van der Waals surface area contributed by atoms with Crippen LogP contribution < -0.4 is 0 Å². The lowest BCUT2D eigenvalue weighted by atomic mass is 9.91. The zero-order valence-electron chi connectivity index (χ0n) is 10.7. The lowest BCUT2D eigenvalue weighted by molar-refractivity contribution is 0.0316. The molecule has 0 aromatic rings. The topological polar surface area (TPSA) is 23.5 Å². The Kier molecular flexibility index (Phi) is 6.74. The number of allylic oxidation sites excluding steroid dienone is 1. The third-order valence-corrected chi connectivity index (χ3v) is 3.68. The van der Waals surface area contributed by atoms with Crippen LogP contribution in [-0.4, -0.2) is 35.7 Å². The van der Waals surface area contributed by atoms with Crippen LogP contribution in [0.5, 0.6) is 0 Å². The average molecular weight is 225 g/mol. The van der Waals surface area contributed by atoms with Gasteiger partial charge in [-0.05, 0) is 45.7 Å². The van der Waals surface area contributed by atoms with Crippen LogP contribution in [0.25, 0.3) is 0 Å². The van der Waals surface area contributed by atoms with Crippen molar-refractivity contribution < 1.29 is 5.11 Å². The van der Waals surface area contributed by atoms with Gasteiger partial charge in [-0.15, -0.1) is 6.58 Å². The van der Waals surface area contributed by atoms with Crippen LogP contribution in [0.3, 0.4) is 0 Å². The second-order valence-corrected chi connectivity index (χ2v) is 5.04. The smallest absolute Gasteiger partial charge is 0.0695 e. The standard InChI is InChI=1S/C14H27NO/c1-3-4-5-6-9-12-15(2)13-10-7-8-11-14(13)16/h3,13-14,16H,1,4-12H2,2H3. The monoisotopic (exact) mass is 225 g/mol. The minimum absolute atomic E-state index is 0.0908. The van der Waals surface area contributed by atoms with E-state index in [9.17, 15) is 5.11 Å². The SMILES string of the molecule is C=CCCCCCN(C)C1CCCCC1O. The van der Waals surface area contributed by atoms with Crippen molar-refractivity contribution in [1.29, 1.82) is 0 Å². The molecule has 1 N–H and O–H groups in total. The summed E-state index contributed by atoms with van der Waals surface area (Å²) in [6, 6.07) is 0.410. The highest BCUT2D eigenvalue weighted by Gasteiger charge is 2.25. The highest BCUT2D eigenvalue weighted by atomic mass is 16.3. The number of likely N-dealkylation sites (N-methyl/N-ethyl adjacent to an activating group) is 1. The van der Waals surface area contributed by atoms with Crippen LogP contribution in [0.1, 0.15) is 51.4 Å². The van der Waals surface area contributed by atoms with Crippen molar-refractivity contribution in [2.24, 2.45) is 0 Å². The van der Waals surface area contributed by atoms with E-state index < -0.39 is 0 Å². The first-order valence-corrected chi connectivity index (χ1v) is 6.75. The highest BCUT2D eigenvalue weighted by molar-refractivity contribution is 4.81. The zero-order valence-corrected chi connectivity index (χ0v) is 10.7. The predicted octanol–water partition coefficient (Wildman–Crippen LogP) is 2.97. The van der Waals surface area contributed by atoms with E-state index in [1.54, 1.807) is 0 Å². The molecule has 0 radical (unpaired) electrons. The van der Waals surface area contributed by atoms with E-state index in [1.165, 1.54) is 38.5 Å².